The maximum absolute atomic E-state index is 13.3. The molecule has 0 unspecified atom stereocenters. The summed E-state index contributed by atoms with van der Waals surface area (Å²) >= 11 is 0. The van der Waals surface area contributed by atoms with Crippen molar-refractivity contribution in [1.82, 2.24) is 0 Å². The van der Waals surface area contributed by atoms with Gasteiger partial charge in [0.15, 0.2) is 11.6 Å². The summed E-state index contributed by atoms with van der Waals surface area (Å²) in [6.45, 7) is 4.22. The van der Waals surface area contributed by atoms with E-state index < -0.39 is 0 Å². The maximum atomic E-state index is 13.3. The lowest BCUT2D eigenvalue weighted by atomic mass is 10.2. The van der Waals surface area contributed by atoms with Gasteiger partial charge >= 0.3 is 0 Å². The van der Waals surface area contributed by atoms with Crippen molar-refractivity contribution in [3.63, 3.8) is 0 Å². The Morgan fingerprint density at radius 1 is 1.50 bits per heavy atom. The first kappa shape index (κ1) is 9.25. The van der Waals surface area contributed by atoms with E-state index in [-0.39, 0.29) is 5.82 Å². The third-order valence-electron chi connectivity index (χ3n) is 2.36. The van der Waals surface area contributed by atoms with Crippen LogP contribution in [0.2, 0.25) is 0 Å². The zero-order valence-electron chi connectivity index (χ0n) is 8.00. The molecule has 0 amide bonds. The first-order valence-corrected chi connectivity index (χ1v) is 4.84. The normalized spacial score (nSPS) is 15.2. The Balaban J connectivity index is 2.04. The molecule has 1 aromatic carbocycles. The molecule has 74 valence electrons. The van der Waals surface area contributed by atoms with Crippen molar-refractivity contribution in [2.45, 2.75) is 12.8 Å². The summed E-state index contributed by atoms with van der Waals surface area (Å²) in [5, 5.41) is 0. The van der Waals surface area contributed by atoms with Crippen molar-refractivity contribution in [3.8, 4) is 5.75 Å². The fourth-order valence-electron chi connectivity index (χ4n) is 1.25. The molecule has 0 aromatic heterocycles. The monoisotopic (exact) mass is 192 g/mol. The van der Waals surface area contributed by atoms with Crippen LogP contribution in [0.3, 0.4) is 0 Å². The highest BCUT2D eigenvalue weighted by Gasteiger charge is 2.22. The molecular formula is C12H13FO. The van der Waals surface area contributed by atoms with Gasteiger partial charge in [0.25, 0.3) is 0 Å². The molecular weight excluding hydrogens is 179 g/mol. The van der Waals surface area contributed by atoms with Crippen molar-refractivity contribution in [2.75, 3.05) is 6.61 Å². The van der Waals surface area contributed by atoms with E-state index in [1.807, 2.05) is 0 Å². The molecule has 1 aliphatic carbocycles. The SMILES string of the molecule is C=Cc1ccc(OCC2CC2)c(F)c1. The van der Waals surface area contributed by atoms with E-state index >= 15 is 0 Å². The molecule has 0 N–H and O–H groups in total. The van der Waals surface area contributed by atoms with Crippen LogP contribution < -0.4 is 4.74 Å². The van der Waals surface area contributed by atoms with Gasteiger partial charge in [-0.05, 0) is 36.5 Å². The van der Waals surface area contributed by atoms with E-state index in [1.54, 1.807) is 18.2 Å². The van der Waals surface area contributed by atoms with E-state index in [9.17, 15) is 4.39 Å². The summed E-state index contributed by atoms with van der Waals surface area (Å²) < 4.78 is 18.7. The summed E-state index contributed by atoms with van der Waals surface area (Å²) in [5.74, 6) is 0.694. The van der Waals surface area contributed by atoms with Gasteiger partial charge < -0.3 is 4.74 Å². The lowest BCUT2D eigenvalue weighted by Gasteiger charge is -2.06. The molecule has 1 saturated carbocycles. The lowest BCUT2D eigenvalue weighted by molar-refractivity contribution is 0.285. The van der Waals surface area contributed by atoms with Crippen LogP contribution >= 0.6 is 0 Å². The number of hydrogen-bond donors (Lipinski definition) is 0. The van der Waals surface area contributed by atoms with E-state index in [1.165, 1.54) is 18.9 Å². The molecule has 1 aromatic rings. The van der Waals surface area contributed by atoms with Gasteiger partial charge in [0.05, 0.1) is 6.61 Å². The Hall–Kier alpha value is -1.31. The fourth-order valence-corrected chi connectivity index (χ4v) is 1.25. The number of halogens is 1. The van der Waals surface area contributed by atoms with Crippen LogP contribution in [0.4, 0.5) is 4.39 Å². The van der Waals surface area contributed by atoms with Gasteiger partial charge in [0.1, 0.15) is 0 Å². The Labute approximate surface area is 83.2 Å². The van der Waals surface area contributed by atoms with Gasteiger partial charge in [-0.3, -0.25) is 0 Å². The Morgan fingerprint density at radius 2 is 2.29 bits per heavy atom. The average molecular weight is 192 g/mol. The van der Waals surface area contributed by atoms with Crippen molar-refractivity contribution in [1.29, 1.82) is 0 Å². The largest absolute Gasteiger partial charge is 0.490 e. The van der Waals surface area contributed by atoms with Gasteiger partial charge in [-0.2, -0.15) is 0 Å². The molecule has 0 heterocycles. The number of hydrogen-bond acceptors (Lipinski definition) is 1. The van der Waals surface area contributed by atoms with Crippen molar-refractivity contribution in [3.05, 3.63) is 36.2 Å². The molecule has 2 heteroatoms. The minimum atomic E-state index is -0.303. The molecule has 0 aliphatic heterocycles. The zero-order chi connectivity index (χ0) is 9.97. The second kappa shape index (κ2) is 3.82. The molecule has 1 nitrogen and oxygen atoms in total. The molecule has 0 bridgehead atoms. The Kier molecular flexibility index (Phi) is 2.53. The molecule has 0 spiro atoms. The predicted molar refractivity (Wildman–Crippen MR) is 54.7 cm³/mol. The Bertz CT molecular complexity index is 342. The summed E-state index contributed by atoms with van der Waals surface area (Å²) in [4.78, 5) is 0. The Morgan fingerprint density at radius 3 is 2.86 bits per heavy atom. The van der Waals surface area contributed by atoms with Crippen LogP contribution in [0.15, 0.2) is 24.8 Å². The summed E-state index contributed by atoms with van der Waals surface area (Å²) in [5.41, 5.74) is 0.779. The topological polar surface area (TPSA) is 9.23 Å². The van der Waals surface area contributed by atoms with Crippen molar-refractivity contribution < 1.29 is 9.13 Å². The summed E-state index contributed by atoms with van der Waals surface area (Å²) in [7, 11) is 0. The molecule has 0 saturated heterocycles. The maximum Gasteiger partial charge on any atom is 0.165 e. The van der Waals surface area contributed by atoms with Gasteiger partial charge in [0.2, 0.25) is 0 Å². The highest BCUT2D eigenvalue weighted by molar-refractivity contribution is 5.48. The molecule has 1 fully saturated rings. The van der Waals surface area contributed by atoms with E-state index in [0.29, 0.717) is 18.3 Å². The van der Waals surface area contributed by atoms with Gasteiger partial charge in [-0.1, -0.05) is 18.7 Å². The minimum absolute atomic E-state index is 0.303. The lowest BCUT2D eigenvalue weighted by Crippen LogP contribution is -2.00. The number of benzene rings is 1. The zero-order valence-corrected chi connectivity index (χ0v) is 8.00. The third-order valence-corrected chi connectivity index (χ3v) is 2.36. The van der Waals surface area contributed by atoms with Crippen LogP contribution in [0.1, 0.15) is 18.4 Å². The quantitative estimate of drug-likeness (QED) is 0.711. The second-order valence-electron chi connectivity index (χ2n) is 3.65. The molecule has 2 rings (SSSR count). The van der Waals surface area contributed by atoms with Gasteiger partial charge in [0, 0.05) is 0 Å². The number of ether oxygens (including phenoxy) is 1. The predicted octanol–water partition coefficient (Wildman–Crippen LogP) is 3.26. The molecule has 14 heavy (non-hydrogen) atoms. The average Bonchev–Trinajstić information content (AvgIpc) is 2.99. The van der Waals surface area contributed by atoms with Gasteiger partial charge in [-0.15, -0.1) is 0 Å². The first-order valence-electron chi connectivity index (χ1n) is 4.84. The smallest absolute Gasteiger partial charge is 0.165 e. The highest BCUT2D eigenvalue weighted by atomic mass is 19.1. The molecule has 0 atom stereocenters. The molecule has 0 radical (unpaired) electrons. The first-order chi connectivity index (χ1) is 6.79. The van der Waals surface area contributed by atoms with E-state index in [2.05, 4.69) is 6.58 Å². The number of rotatable bonds is 4. The van der Waals surface area contributed by atoms with Gasteiger partial charge in [-0.25, -0.2) is 4.39 Å². The third kappa shape index (κ3) is 2.13. The van der Waals surface area contributed by atoms with Crippen molar-refractivity contribution in [2.24, 2.45) is 5.92 Å². The highest BCUT2D eigenvalue weighted by Crippen LogP contribution is 2.30. The molecule has 1 aliphatic rings. The summed E-state index contributed by atoms with van der Waals surface area (Å²) in [6, 6.07) is 4.91. The summed E-state index contributed by atoms with van der Waals surface area (Å²) in [6.07, 6.45) is 4.05. The van der Waals surface area contributed by atoms with Crippen LogP contribution in [-0.4, -0.2) is 6.61 Å². The van der Waals surface area contributed by atoms with Crippen LogP contribution in [0.5, 0.6) is 5.75 Å². The van der Waals surface area contributed by atoms with E-state index in [4.69, 9.17) is 4.74 Å². The van der Waals surface area contributed by atoms with E-state index in [0.717, 1.165) is 5.56 Å². The van der Waals surface area contributed by atoms with Crippen LogP contribution in [0.25, 0.3) is 6.08 Å². The van der Waals surface area contributed by atoms with Crippen LogP contribution in [-0.2, 0) is 0 Å². The van der Waals surface area contributed by atoms with Crippen molar-refractivity contribution >= 4 is 6.08 Å². The standard InChI is InChI=1S/C12H13FO/c1-2-9-5-6-12(11(13)7-9)14-8-10-3-4-10/h2,5-7,10H,1,3-4,8H2. The fraction of sp³-hybridized carbons (Fsp3) is 0.333. The second-order valence-corrected chi connectivity index (χ2v) is 3.65. The van der Waals surface area contributed by atoms with Crippen LogP contribution in [0, 0.1) is 11.7 Å². The minimum Gasteiger partial charge on any atom is -0.490 e.